The summed E-state index contributed by atoms with van der Waals surface area (Å²) < 4.78 is 45.4. The normalized spacial score (nSPS) is 21.4. The molecule has 1 N–H and O–H groups in total. The molecule has 0 aliphatic carbocycles. The molecule has 4 heterocycles. The number of alkyl halides is 3. The first-order valence-electron chi connectivity index (χ1n) is 9.92. The fourth-order valence-corrected chi connectivity index (χ4v) is 3.84. The minimum Gasteiger partial charge on any atom is -0.381 e. The summed E-state index contributed by atoms with van der Waals surface area (Å²) in [7, 11) is 0. The van der Waals surface area contributed by atoms with Gasteiger partial charge < -0.3 is 15.0 Å². The lowest BCUT2D eigenvalue weighted by atomic mass is 10.0. The van der Waals surface area contributed by atoms with E-state index in [2.05, 4.69) is 25.2 Å². The number of piperidine rings is 1. The largest absolute Gasteiger partial charge is 0.433 e. The number of nitrogens with zero attached hydrogens (tertiary/aromatic N) is 4. The van der Waals surface area contributed by atoms with E-state index in [1.54, 1.807) is 18.2 Å². The Morgan fingerprint density at radius 3 is 2.62 bits per heavy atom. The first-order chi connectivity index (χ1) is 14.0. The second-order valence-corrected chi connectivity index (χ2v) is 7.62. The molecule has 4 rings (SSSR count). The van der Waals surface area contributed by atoms with E-state index in [1.807, 2.05) is 0 Å². The molecule has 0 aromatic carbocycles. The molecular weight excluding hydrogens is 383 g/mol. The van der Waals surface area contributed by atoms with Gasteiger partial charge in [-0.3, -0.25) is 4.98 Å². The van der Waals surface area contributed by atoms with Crippen LogP contribution in [-0.2, 0) is 10.9 Å². The molecule has 0 bridgehead atoms. The molecule has 1 atom stereocenters. The van der Waals surface area contributed by atoms with Crippen molar-refractivity contribution in [3.8, 4) is 11.5 Å². The number of aromatic nitrogens is 3. The Morgan fingerprint density at radius 2 is 1.97 bits per heavy atom. The van der Waals surface area contributed by atoms with E-state index in [0.29, 0.717) is 11.6 Å². The molecule has 0 amide bonds. The van der Waals surface area contributed by atoms with Crippen LogP contribution in [-0.4, -0.2) is 58.7 Å². The van der Waals surface area contributed by atoms with Gasteiger partial charge in [-0.05, 0) is 37.3 Å². The highest BCUT2D eigenvalue weighted by molar-refractivity contribution is 5.53. The Bertz CT molecular complexity index is 804. The summed E-state index contributed by atoms with van der Waals surface area (Å²) in [6, 6.07) is 6.06. The summed E-state index contributed by atoms with van der Waals surface area (Å²) >= 11 is 0. The van der Waals surface area contributed by atoms with Crippen LogP contribution in [0, 0.1) is 5.92 Å². The van der Waals surface area contributed by atoms with Crippen molar-refractivity contribution >= 4 is 5.82 Å². The summed E-state index contributed by atoms with van der Waals surface area (Å²) in [6.45, 7) is 4.53. The maximum absolute atomic E-state index is 13.3. The summed E-state index contributed by atoms with van der Waals surface area (Å²) in [4.78, 5) is 14.5. The number of likely N-dealkylation sites (tertiary alicyclic amines) is 1. The fourth-order valence-electron chi connectivity index (χ4n) is 3.84. The molecule has 2 aliphatic heterocycles. The molecule has 156 valence electrons. The molecule has 2 aromatic heterocycles. The van der Waals surface area contributed by atoms with Gasteiger partial charge in [-0.2, -0.15) is 13.2 Å². The van der Waals surface area contributed by atoms with Crippen molar-refractivity contribution in [1.82, 2.24) is 19.9 Å². The van der Waals surface area contributed by atoms with Gasteiger partial charge in [0.2, 0.25) is 0 Å². The zero-order valence-corrected chi connectivity index (χ0v) is 16.0. The molecule has 2 saturated heterocycles. The molecule has 0 spiro atoms. The van der Waals surface area contributed by atoms with Crippen LogP contribution >= 0.6 is 0 Å². The highest BCUT2D eigenvalue weighted by Gasteiger charge is 2.34. The maximum Gasteiger partial charge on any atom is 0.433 e. The molecule has 1 unspecified atom stereocenters. The molecule has 0 radical (unpaired) electrons. The van der Waals surface area contributed by atoms with Crippen molar-refractivity contribution in [2.45, 2.75) is 31.5 Å². The van der Waals surface area contributed by atoms with Crippen LogP contribution < -0.4 is 5.32 Å². The van der Waals surface area contributed by atoms with Gasteiger partial charge in [0.1, 0.15) is 11.5 Å². The van der Waals surface area contributed by atoms with Crippen molar-refractivity contribution in [2.24, 2.45) is 5.92 Å². The third kappa shape index (κ3) is 5.22. The van der Waals surface area contributed by atoms with Gasteiger partial charge >= 0.3 is 6.18 Å². The minimum atomic E-state index is -4.55. The average Bonchev–Trinajstić information content (AvgIpc) is 3.22. The number of anilines is 1. The first kappa shape index (κ1) is 20.0. The highest BCUT2D eigenvalue weighted by atomic mass is 19.4. The van der Waals surface area contributed by atoms with Crippen LogP contribution in [0.3, 0.4) is 0 Å². The number of pyridine rings is 1. The van der Waals surface area contributed by atoms with Gasteiger partial charge in [0.25, 0.3) is 0 Å². The lowest BCUT2D eigenvalue weighted by Crippen LogP contribution is -2.41. The number of rotatable bonds is 5. The Hall–Kier alpha value is -2.26. The second kappa shape index (κ2) is 8.62. The number of ether oxygens (including phenoxy) is 1. The molecule has 0 saturated carbocycles. The molecular formula is C20H24F3N5O. The monoisotopic (exact) mass is 407 g/mol. The standard InChI is InChI=1S/C20H24F3N5O/c21-20(22,23)17-11-18(27-19(26-17)16-3-1-2-7-24-16)25-15-4-8-28(9-5-15)12-14-6-10-29-13-14/h1-3,7,11,14-15H,4-6,8-10,12-13H2,(H,25,26,27). The Balaban J connectivity index is 1.44. The van der Waals surface area contributed by atoms with Crippen LogP contribution in [0.4, 0.5) is 19.0 Å². The van der Waals surface area contributed by atoms with Crippen molar-refractivity contribution in [1.29, 1.82) is 0 Å². The summed E-state index contributed by atoms with van der Waals surface area (Å²) in [5, 5.41) is 3.19. The van der Waals surface area contributed by atoms with Crippen LogP contribution in [0.5, 0.6) is 0 Å². The summed E-state index contributed by atoms with van der Waals surface area (Å²) in [5.41, 5.74) is -0.649. The molecule has 29 heavy (non-hydrogen) atoms. The molecule has 2 aromatic rings. The van der Waals surface area contributed by atoms with Crippen LogP contribution in [0.25, 0.3) is 11.5 Å². The van der Waals surface area contributed by atoms with E-state index in [4.69, 9.17) is 4.74 Å². The van der Waals surface area contributed by atoms with E-state index in [-0.39, 0.29) is 17.7 Å². The SMILES string of the molecule is FC(F)(F)c1cc(NC2CCN(CC3CCOC3)CC2)nc(-c2ccccn2)n1. The topological polar surface area (TPSA) is 63.2 Å². The van der Waals surface area contributed by atoms with Crippen LogP contribution in [0.2, 0.25) is 0 Å². The molecule has 9 heteroatoms. The van der Waals surface area contributed by atoms with Crippen LogP contribution in [0.1, 0.15) is 25.0 Å². The molecule has 2 fully saturated rings. The summed E-state index contributed by atoms with van der Waals surface area (Å²) in [6.07, 6.45) is -0.210. The summed E-state index contributed by atoms with van der Waals surface area (Å²) in [5.74, 6) is 0.758. The predicted molar refractivity (Wildman–Crippen MR) is 102 cm³/mol. The van der Waals surface area contributed by atoms with Gasteiger partial charge in [-0.15, -0.1) is 0 Å². The van der Waals surface area contributed by atoms with Gasteiger partial charge in [0.05, 0.1) is 6.61 Å². The number of nitrogens with one attached hydrogen (secondary N) is 1. The fraction of sp³-hybridized carbons (Fsp3) is 0.550. The maximum atomic E-state index is 13.3. The zero-order chi connectivity index (χ0) is 20.3. The van der Waals surface area contributed by atoms with Crippen molar-refractivity contribution in [3.05, 3.63) is 36.2 Å². The van der Waals surface area contributed by atoms with Crippen LogP contribution in [0.15, 0.2) is 30.5 Å². The van der Waals surface area contributed by atoms with E-state index < -0.39 is 11.9 Å². The van der Waals surface area contributed by atoms with Gasteiger partial charge in [-0.25, -0.2) is 9.97 Å². The zero-order valence-electron chi connectivity index (χ0n) is 16.0. The first-order valence-corrected chi connectivity index (χ1v) is 9.92. The van der Waals surface area contributed by atoms with E-state index >= 15 is 0 Å². The quantitative estimate of drug-likeness (QED) is 0.819. The van der Waals surface area contributed by atoms with E-state index in [0.717, 1.165) is 58.2 Å². The Labute approximate surface area is 167 Å². The van der Waals surface area contributed by atoms with Crippen molar-refractivity contribution < 1.29 is 17.9 Å². The third-order valence-corrected chi connectivity index (χ3v) is 5.39. The lowest BCUT2D eigenvalue weighted by molar-refractivity contribution is -0.141. The Morgan fingerprint density at radius 1 is 1.14 bits per heavy atom. The third-order valence-electron chi connectivity index (χ3n) is 5.39. The minimum absolute atomic E-state index is 0.0263. The molecule has 6 nitrogen and oxygen atoms in total. The van der Waals surface area contributed by atoms with E-state index in [1.165, 1.54) is 6.20 Å². The Kier molecular flexibility index (Phi) is 5.96. The lowest BCUT2D eigenvalue weighted by Gasteiger charge is -2.33. The predicted octanol–water partition coefficient (Wildman–Crippen LogP) is 3.47. The second-order valence-electron chi connectivity index (χ2n) is 7.62. The van der Waals surface area contributed by atoms with Gasteiger partial charge in [0.15, 0.2) is 11.5 Å². The average molecular weight is 407 g/mol. The number of hydrogen-bond acceptors (Lipinski definition) is 6. The van der Waals surface area contributed by atoms with Crippen molar-refractivity contribution in [2.75, 3.05) is 38.2 Å². The van der Waals surface area contributed by atoms with Gasteiger partial charge in [-0.1, -0.05) is 6.07 Å². The highest BCUT2D eigenvalue weighted by Crippen LogP contribution is 2.31. The van der Waals surface area contributed by atoms with Gasteiger partial charge in [0, 0.05) is 44.5 Å². The number of hydrogen-bond donors (Lipinski definition) is 1. The molecule has 2 aliphatic rings. The number of halogens is 3. The van der Waals surface area contributed by atoms with Crippen molar-refractivity contribution in [3.63, 3.8) is 0 Å². The van der Waals surface area contributed by atoms with E-state index in [9.17, 15) is 13.2 Å². The smallest absolute Gasteiger partial charge is 0.381 e.